The predicted molar refractivity (Wildman–Crippen MR) is 160 cm³/mol. The maximum atomic E-state index is 14.5. The van der Waals surface area contributed by atoms with Crippen LogP contribution in [-0.2, 0) is 27.3 Å². The number of tetrazole rings is 1. The van der Waals surface area contributed by atoms with Gasteiger partial charge < -0.3 is 15.0 Å². The summed E-state index contributed by atoms with van der Waals surface area (Å²) < 4.78 is 6.64. The zero-order chi connectivity index (χ0) is 30.3. The van der Waals surface area contributed by atoms with Crippen molar-refractivity contribution in [1.82, 2.24) is 30.8 Å². The number of aromatic amines is 1. The van der Waals surface area contributed by atoms with Gasteiger partial charge in [-0.15, -0.1) is 5.10 Å². The Balaban J connectivity index is 1.59. The molecule has 0 aliphatic carbocycles. The monoisotopic (exact) mass is 617 g/mol. The molecule has 0 radical (unpaired) electrons. The van der Waals surface area contributed by atoms with Crippen LogP contribution in [0.25, 0.3) is 0 Å². The van der Waals surface area contributed by atoms with Crippen molar-refractivity contribution in [2.75, 3.05) is 0 Å². The molecule has 0 spiro atoms. The molecule has 43 heavy (non-hydrogen) atoms. The van der Waals surface area contributed by atoms with E-state index in [1.807, 2.05) is 43.3 Å². The van der Waals surface area contributed by atoms with Crippen LogP contribution in [-0.4, -0.2) is 49.5 Å². The smallest absolute Gasteiger partial charge is 0.253 e. The van der Waals surface area contributed by atoms with Crippen LogP contribution in [0, 0.1) is 11.3 Å². The van der Waals surface area contributed by atoms with Crippen LogP contribution in [0.5, 0.6) is 0 Å². The zero-order valence-corrected chi connectivity index (χ0v) is 24.8. The zero-order valence-electron chi connectivity index (χ0n) is 23.3. The van der Waals surface area contributed by atoms with Crippen molar-refractivity contribution < 1.29 is 14.3 Å². The summed E-state index contributed by atoms with van der Waals surface area (Å²) in [4.78, 5) is 30.0. The van der Waals surface area contributed by atoms with E-state index in [-0.39, 0.29) is 24.8 Å². The lowest BCUT2D eigenvalue weighted by Crippen LogP contribution is -2.59. The van der Waals surface area contributed by atoms with E-state index >= 15 is 0 Å². The number of H-pyrrole nitrogens is 1. The molecule has 1 aromatic heterocycles. The van der Waals surface area contributed by atoms with Gasteiger partial charge in [-0.3, -0.25) is 9.59 Å². The Labute approximate surface area is 258 Å². The number of nitrogens with zero attached hydrogens (tertiary/aromatic N) is 5. The highest BCUT2D eigenvalue weighted by atomic mass is 35.5. The third kappa shape index (κ3) is 7.03. The summed E-state index contributed by atoms with van der Waals surface area (Å²) in [7, 11) is 0. The SMILES string of the molecule is CCC[C@@H](C(=O)NCc1nnn[nH]1)N1C(=O)[C@@H](Cc2ccc(C#N)cc2)O[C@H](c2ccc(Cl)cc2)[C@@H]1c1ccc(Cl)cc1. The van der Waals surface area contributed by atoms with Crippen molar-refractivity contribution in [3.8, 4) is 6.07 Å². The minimum atomic E-state index is -0.900. The molecule has 10 nitrogen and oxygen atoms in total. The number of hydrogen-bond acceptors (Lipinski definition) is 7. The molecule has 1 aliphatic rings. The van der Waals surface area contributed by atoms with Crippen molar-refractivity contribution >= 4 is 35.0 Å². The van der Waals surface area contributed by atoms with E-state index in [9.17, 15) is 14.9 Å². The Kier molecular flexibility index (Phi) is 9.67. The molecule has 0 unspecified atom stereocenters. The summed E-state index contributed by atoms with van der Waals surface area (Å²) in [5.74, 6) is -0.257. The normalized spacial score (nSPS) is 19.1. The number of hydrogen-bond donors (Lipinski definition) is 2. The molecule has 1 saturated heterocycles. The van der Waals surface area contributed by atoms with Gasteiger partial charge in [0.25, 0.3) is 5.91 Å². The fourth-order valence-corrected chi connectivity index (χ4v) is 5.54. The van der Waals surface area contributed by atoms with E-state index in [4.69, 9.17) is 27.9 Å². The van der Waals surface area contributed by atoms with Gasteiger partial charge in [-0.2, -0.15) is 5.26 Å². The number of carbonyl (C=O) groups excluding carboxylic acids is 2. The Morgan fingerprint density at radius 3 is 2.28 bits per heavy atom. The van der Waals surface area contributed by atoms with Crippen molar-refractivity contribution in [2.45, 2.75) is 57.0 Å². The highest BCUT2D eigenvalue weighted by molar-refractivity contribution is 6.30. The standard InChI is InChI=1S/C31H29Cl2N7O3/c1-2-3-25(30(41)35-18-27-36-38-39-37-27)40-28(21-8-12-23(32)13-9-21)29(22-10-14-24(33)15-11-22)43-26(31(40)42)16-19-4-6-20(17-34)7-5-19/h4-15,25-26,28-29H,2-3,16,18H2,1H3,(H,35,41)(H,36,37,38,39)/t25-,26+,28-,29+/m0/s1. The Morgan fingerprint density at radius 2 is 1.70 bits per heavy atom. The largest absolute Gasteiger partial charge is 0.358 e. The van der Waals surface area contributed by atoms with Gasteiger partial charge in [-0.05, 0) is 69.9 Å². The molecule has 0 bridgehead atoms. The molecule has 0 saturated carbocycles. The second kappa shape index (κ2) is 13.8. The van der Waals surface area contributed by atoms with Gasteiger partial charge in [-0.25, -0.2) is 5.10 Å². The molecule has 4 atom stereocenters. The minimum Gasteiger partial charge on any atom is -0.358 e. The van der Waals surface area contributed by atoms with Crippen LogP contribution in [0.1, 0.15) is 60.0 Å². The number of rotatable bonds is 10. The average Bonchev–Trinajstić information content (AvgIpc) is 3.55. The van der Waals surface area contributed by atoms with Crippen LogP contribution >= 0.6 is 23.2 Å². The van der Waals surface area contributed by atoms with E-state index in [1.54, 1.807) is 41.3 Å². The van der Waals surface area contributed by atoms with E-state index in [1.165, 1.54) is 0 Å². The molecule has 2 N–H and O–H groups in total. The van der Waals surface area contributed by atoms with Crippen molar-refractivity contribution in [2.24, 2.45) is 0 Å². The number of halogens is 2. The second-order valence-corrected chi connectivity index (χ2v) is 11.1. The molecular formula is C31H29Cl2N7O3. The molecule has 2 amide bonds. The summed E-state index contributed by atoms with van der Waals surface area (Å²) in [6, 6.07) is 22.2. The number of nitrogens with one attached hydrogen (secondary N) is 2. The first kappa shape index (κ1) is 30.2. The summed E-state index contributed by atoms with van der Waals surface area (Å²) in [5, 5.41) is 26.8. The lowest BCUT2D eigenvalue weighted by Gasteiger charge is -2.47. The van der Waals surface area contributed by atoms with E-state index < -0.39 is 24.3 Å². The highest BCUT2D eigenvalue weighted by Crippen LogP contribution is 2.44. The van der Waals surface area contributed by atoms with Crippen LogP contribution < -0.4 is 5.32 Å². The Hall–Kier alpha value is -4.30. The van der Waals surface area contributed by atoms with Gasteiger partial charge >= 0.3 is 0 Å². The first-order valence-corrected chi connectivity index (χ1v) is 14.6. The van der Waals surface area contributed by atoms with Crippen LogP contribution in [0.3, 0.4) is 0 Å². The lowest BCUT2D eigenvalue weighted by atomic mass is 9.88. The van der Waals surface area contributed by atoms with E-state index in [0.717, 1.165) is 16.7 Å². The molecule has 12 heteroatoms. The molecule has 5 rings (SSSR count). The van der Waals surface area contributed by atoms with Crippen LogP contribution in [0.4, 0.5) is 0 Å². The van der Waals surface area contributed by atoms with Gasteiger partial charge in [0, 0.05) is 16.5 Å². The molecule has 2 heterocycles. The van der Waals surface area contributed by atoms with E-state index in [0.29, 0.717) is 34.3 Å². The number of benzene rings is 3. The topological polar surface area (TPSA) is 137 Å². The maximum Gasteiger partial charge on any atom is 0.253 e. The van der Waals surface area contributed by atoms with Crippen molar-refractivity contribution in [3.05, 3.63) is 111 Å². The predicted octanol–water partition coefficient (Wildman–Crippen LogP) is 5.12. The number of amides is 2. The first-order chi connectivity index (χ1) is 20.9. The number of nitriles is 1. The average molecular weight is 619 g/mol. The number of morpholine rings is 1. The van der Waals surface area contributed by atoms with Gasteiger partial charge in [0.15, 0.2) is 5.82 Å². The maximum absolute atomic E-state index is 14.5. The second-order valence-electron chi connectivity index (χ2n) is 10.2. The van der Waals surface area contributed by atoms with Gasteiger partial charge in [0.2, 0.25) is 5.91 Å². The molecule has 4 aromatic rings. The lowest BCUT2D eigenvalue weighted by molar-refractivity contribution is -0.181. The quantitative estimate of drug-likeness (QED) is 0.252. The van der Waals surface area contributed by atoms with Crippen molar-refractivity contribution in [3.63, 3.8) is 0 Å². The number of aromatic nitrogens is 4. The first-order valence-electron chi connectivity index (χ1n) is 13.9. The summed E-state index contributed by atoms with van der Waals surface area (Å²) in [6.45, 7) is 2.04. The number of ether oxygens (including phenoxy) is 1. The number of carbonyl (C=O) groups is 2. The molecular weight excluding hydrogens is 589 g/mol. The van der Waals surface area contributed by atoms with Gasteiger partial charge in [0.1, 0.15) is 18.2 Å². The molecule has 1 fully saturated rings. The fraction of sp³-hybridized carbons (Fsp3) is 0.290. The van der Waals surface area contributed by atoms with E-state index in [2.05, 4.69) is 32.0 Å². The molecule has 1 aliphatic heterocycles. The Bertz CT molecular complexity index is 1570. The Morgan fingerprint density at radius 1 is 1.05 bits per heavy atom. The van der Waals surface area contributed by atoms with Crippen LogP contribution in [0.2, 0.25) is 10.0 Å². The third-order valence-corrected chi connectivity index (χ3v) is 7.87. The van der Waals surface area contributed by atoms with Crippen molar-refractivity contribution in [1.29, 1.82) is 5.26 Å². The van der Waals surface area contributed by atoms with Crippen LogP contribution in [0.15, 0.2) is 72.8 Å². The highest BCUT2D eigenvalue weighted by Gasteiger charge is 2.48. The summed E-state index contributed by atoms with van der Waals surface area (Å²) in [6.07, 6.45) is -0.227. The summed E-state index contributed by atoms with van der Waals surface area (Å²) in [5.41, 5.74) is 2.91. The molecule has 3 aromatic carbocycles. The summed E-state index contributed by atoms with van der Waals surface area (Å²) >= 11 is 12.5. The van der Waals surface area contributed by atoms with Gasteiger partial charge in [0.05, 0.1) is 24.2 Å². The molecule has 220 valence electrons. The fourth-order valence-electron chi connectivity index (χ4n) is 5.29. The van der Waals surface area contributed by atoms with Gasteiger partial charge in [-0.1, -0.05) is 72.9 Å². The minimum absolute atomic E-state index is 0.0749. The third-order valence-electron chi connectivity index (χ3n) is 7.36.